The van der Waals surface area contributed by atoms with Gasteiger partial charge in [-0.05, 0) is 30.5 Å². The SMILES string of the molecule is O=C(NCC#Cc1ccc(C(=O)C2CC2)cc1)OCc1ccccc1. The van der Waals surface area contributed by atoms with Crippen molar-refractivity contribution in [3.05, 3.63) is 71.3 Å². The van der Waals surface area contributed by atoms with E-state index in [0.29, 0.717) is 0 Å². The number of rotatable bonds is 5. The Morgan fingerprint density at radius 2 is 1.76 bits per heavy atom. The maximum Gasteiger partial charge on any atom is 0.408 e. The Hall–Kier alpha value is -3.06. The van der Waals surface area contributed by atoms with Crippen LogP contribution < -0.4 is 5.32 Å². The van der Waals surface area contributed by atoms with Crippen molar-refractivity contribution in [1.82, 2.24) is 5.32 Å². The van der Waals surface area contributed by atoms with Gasteiger partial charge in [0, 0.05) is 17.0 Å². The second kappa shape index (κ2) is 8.16. The molecule has 0 saturated heterocycles. The lowest BCUT2D eigenvalue weighted by Crippen LogP contribution is -2.24. The molecule has 0 radical (unpaired) electrons. The first kappa shape index (κ1) is 16.8. The third-order valence-corrected chi connectivity index (χ3v) is 3.88. The lowest BCUT2D eigenvalue weighted by atomic mass is 10.1. The smallest absolute Gasteiger partial charge is 0.408 e. The number of hydrogen-bond acceptors (Lipinski definition) is 3. The fourth-order valence-corrected chi connectivity index (χ4v) is 2.34. The van der Waals surface area contributed by atoms with Gasteiger partial charge in [0.05, 0.1) is 6.54 Å². The highest BCUT2D eigenvalue weighted by molar-refractivity contribution is 5.99. The van der Waals surface area contributed by atoms with Crippen LogP contribution in [0.5, 0.6) is 0 Å². The minimum atomic E-state index is -0.497. The van der Waals surface area contributed by atoms with Crippen molar-refractivity contribution in [2.45, 2.75) is 19.4 Å². The van der Waals surface area contributed by atoms with Crippen molar-refractivity contribution in [2.24, 2.45) is 5.92 Å². The van der Waals surface area contributed by atoms with Crippen LogP contribution in [0.4, 0.5) is 4.79 Å². The van der Waals surface area contributed by atoms with Gasteiger partial charge in [0.15, 0.2) is 5.78 Å². The molecule has 0 aromatic heterocycles. The molecule has 0 bridgehead atoms. The summed E-state index contributed by atoms with van der Waals surface area (Å²) in [6.07, 6.45) is 1.52. The van der Waals surface area contributed by atoms with Crippen molar-refractivity contribution in [2.75, 3.05) is 6.54 Å². The summed E-state index contributed by atoms with van der Waals surface area (Å²) < 4.78 is 5.10. The molecule has 1 N–H and O–H groups in total. The largest absolute Gasteiger partial charge is 0.445 e. The van der Waals surface area contributed by atoms with Gasteiger partial charge in [-0.25, -0.2) is 4.79 Å². The average molecular weight is 333 g/mol. The van der Waals surface area contributed by atoms with Crippen LogP contribution in [-0.4, -0.2) is 18.4 Å². The maximum absolute atomic E-state index is 11.9. The Bertz CT molecular complexity index is 797. The molecule has 2 aromatic carbocycles. The number of hydrogen-bond donors (Lipinski definition) is 1. The zero-order chi connectivity index (χ0) is 17.5. The second-order valence-electron chi connectivity index (χ2n) is 5.93. The van der Waals surface area contributed by atoms with Crippen LogP contribution >= 0.6 is 0 Å². The van der Waals surface area contributed by atoms with Gasteiger partial charge in [0.2, 0.25) is 0 Å². The predicted molar refractivity (Wildman–Crippen MR) is 95.0 cm³/mol. The van der Waals surface area contributed by atoms with E-state index in [1.165, 1.54) is 0 Å². The third-order valence-electron chi connectivity index (χ3n) is 3.88. The zero-order valence-corrected chi connectivity index (χ0v) is 13.8. The first-order chi connectivity index (χ1) is 12.2. The summed E-state index contributed by atoms with van der Waals surface area (Å²) in [5, 5.41) is 2.59. The summed E-state index contributed by atoms with van der Waals surface area (Å²) in [6, 6.07) is 16.8. The molecule has 1 saturated carbocycles. The Balaban J connectivity index is 1.41. The molecule has 126 valence electrons. The fourth-order valence-electron chi connectivity index (χ4n) is 2.34. The molecule has 3 rings (SSSR count). The van der Waals surface area contributed by atoms with E-state index in [0.717, 1.165) is 29.5 Å². The van der Waals surface area contributed by atoms with E-state index in [1.54, 1.807) is 0 Å². The number of ether oxygens (including phenoxy) is 1. The van der Waals surface area contributed by atoms with Gasteiger partial charge in [0.25, 0.3) is 0 Å². The molecule has 0 unspecified atom stereocenters. The Morgan fingerprint density at radius 3 is 2.44 bits per heavy atom. The lowest BCUT2D eigenvalue weighted by molar-refractivity contribution is 0.0967. The first-order valence-electron chi connectivity index (χ1n) is 8.30. The average Bonchev–Trinajstić information content (AvgIpc) is 3.49. The van der Waals surface area contributed by atoms with Crippen LogP contribution in [0.25, 0.3) is 0 Å². The molecule has 1 amide bonds. The normalized spacial score (nSPS) is 12.6. The van der Waals surface area contributed by atoms with Gasteiger partial charge in [-0.2, -0.15) is 0 Å². The van der Waals surface area contributed by atoms with Crippen LogP contribution in [0, 0.1) is 17.8 Å². The molecule has 25 heavy (non-hydrogen) atoms. The van der Waals surface area contributed by atoms with Crippen LogP contribution in [0.2, 0.25) is 0 Å². The molecule has 1 aliphatic carbocycles. The molecular formula is C21H19NO3. The van der Waals surface area contributed by atoms with Crippen LogP contribution in [-0.2, 0) is 11.3 Å². The van der Waals surface area contributed by atoms with Gasteiger partial charge >= 0.3 is 6.09 Å². The predicted octanol–water partition coefficient (Wildman–Crippen LogP) is 3.56. The highest BCUT2D eigenvalue weighted by Gasteiger charge is 2.30. The number of benzene rings is 2. The highest BCUT2D eigenvalue weighted by atomic mass is 16.5. The molecule has 0 spiro atoms. The topological polar surface area (TPSA) is 55.4 Å². The molecule has 0 aliphatic heterocycles. The van der Waals surface area contributed by atoms with Crippen molar-refractivity contribution in [1.29, 1.82) is 0 Å². The summed E-state index contributed by atoms with van der Waals surface area (Å²) in [7, 11) is 0. The zero-order valence-electron chi connectivity index (χ0n) is 13.8. The summed E-state index contributed by atoms with van der Waals surface area (Å²) >= 11 is 0. The number of amides is 1. The van der Waals surface area contributed by atoms with Crippen LogP contribution in [0.3, 0.4) is 0 Å². The Labute approximate surface area is 147 Å². The minimum Gasteiger partial charge on any atom is -0.445 e. The van der Waals surface area contributed by atoms with Crippen molar-refractivity contribution >= 4 is 11.9 Å². The van der Waals surface area contributed by atoms with E-state index in [9.17, 15) is 9.59 Å². The van der Waals surface area contributed by atoms with E-state index >= 15 is 0 Å². The van der Waals surface area contributed by atoms with Gasteiger partial charge in [0.1, 0.15) is 6.61 Å². The van der Waals surface area contributed by atoms with Crippen molar-refractivity contribution < 1.29 is 14.3 Å². The minimum absolute atomic E-state index is 0.205. The van der Waals surface area contributed by atoms with E-state index in [-0.39, 0.29) is 24.9 Å². The van der Waals surface area contributed by atoms with E-state index < -0.39 is 6.09 Å². The van der Waals surface area contributed by atoms with Crippen molar-refractivity contribution in [3.63, 3.8) is 0 Å². The summed E-state index contributed by atoms with van der Waals surface area (Å²) in [4.78, 5) is 23.5. The summed E-state index contributed by atoms with van der Waals surface area (Å²) in [5.41, 5.74) is 2.49. The molecular weight excluding hydrogens is 314 g/mol. The highest BCUT2D eigenvalue weighted by Crippen LogP contribution is 2.32. The standard InChI is InChI=1S/C21H19NO3/c23-20(19-12-13-19)18-10-8-16(9-11-18)7-4-14-22-21(24)25-15-17-5-2-1-3-6-17/h1-3,5-6,8-11,19H,12-15H2,(H,22,24). The molecule has 1 fully saturated rings. The van der Waals surface area contributed by atoms with Gasteiger partial charge in [-0.15, -0.1) is 0 Å². The Kier molecular flexibility index (Phi) is 5.48. The number of nitrogens with one attached hydrogen (secondary N) is 1. The molecule has 2 aromatic rings. The number of alkyl carbamates (subject to hydrolysis) is 1. The fraction of sp³-hybridized carbons (Fsp3) is 0.238. The first-order valence-corrected chi connectivity index (χ1v) is 8.30. The lowest BCUT2D eigenvalue weighted by Gasteiger charge is -2.04. The van der Waals surface area contributed by atoms with Crippen molar-refractivity contribution in [3.8, 4) is 11.8 Å². The molecule has 0 atom stereocenters. The maximum atomic E-state index is 11.9. The Morgan fingerprint density at radius 1 is 1.04 bits per heavy atom. The molecule has 4 nitrogen and oxygen atoms in total. The van der Waals surface area contributed by atoms with Crippen LogP contribution in [0.15, 0.2) is 54.6 Å². The van der Waals surface area contributed by atoms with E-state index in [2.05, 4.69) is 17.2 Å². The third kappa shape index (κ3) is 5.22. The second-order valence-corrected chi connectivity index (χ2v) is 5.93. The monoisotopic (exact) mass is 333 g/mol. The summed E-state index contributed by atoms with van der Waals surface area (Å²) in [5.74, 6) is 6.27. The summed E-state index contributed by atoms with van der Waals surface area (Å²) in [6.45, 7) is 0.437. The van der Waals surface area contributed by atoms with E-state index in [1.807, 2.05) is 54.6 Å². The van der Waals surface area contributed by atoms with Gasteiger partial charge in [-0.1, -0.05) is 54.3 Å². The molecule has 0 heterocycles. The number of carbonyl (C=O) groups excluding carboxylic acids is 2. The number of ketones is 1. The van der Waals surface area contributed by atoms with Gasteiger partial charge in [-0.3, -0.25) is 4.79 Å². The van der Waals surface area contributed by atoms with E-state index in [4.69, 9.17) is 4.74 Å². The molecule has 1 aliphatic rings. The number of carbonyl (C=O) groups is 2. The number of Topliss-reactive ketones (excluding diaryl/α,β-unsaturated/α-hetero) is 1. The molecule has 4 heteroatoms. The quantitative estimate of drug-likeness (QED) is 0.672. The van der Waals surface area contributed by atoms with Gasteiger partial charge < -0.3 is 10.1 Å². The van der Waals surface area contributed by atoms with Crippen LogP contribution in [0.1, 0.15) is 34.3 Å².